The molecule has 1 aliphatic rings. The molecule has 1 aromatic rings. The molecule has 1 aromatic carbocycles. The minimum atomic E-state index is -0.524. The molecule has 4 nitrogen and oxygen atoms in total. The third-order valence-electron chi connectivity index (χ3n) is 3.35. The highest BCUT2D eigenvalue weighted by molar-refractivity contribution is 6.33. The van der Waals surface area contributed by atoms with Crippen LogP contribution in [-0.2, 0) is 11.2 Å². The van der Waals surface area contributed by atoms with Crippen LogP contribution in [-0.4, -0.2) is 24.8 Å². The Morgan fingerprint density at radius 2 is 2.24 bits per heavy atom. The Morgan fingerprint density at radius 3 is 2.86 bits per heavy atom. The molecule has 0 spiro atoms. The molecule has 1 unspecified atom stereocenters. The van der Waals surface area contributed by atoms with Gasteiger partial charge in [0.2, 0.25) is 0 Å². The summed E-state index contributed by atoms with van der Waals surface area (Å²) in [7, 11) is 0. The number of carbonyl (C=O) groups excluding carboxylic acids is 1. The van der Waals surface area contributed by atoms with Gasteiger partial charge in [-0.05, 0) is 70.3 Å². The first-order valence-corrected chi connectivity index (χ1v) is 7.70. The van der Waals surface area contributed by atoms with E-state index in [0.29, 0.717) is 16.6 Å². The Hall–Kier alpha value is -1.26. The maximum Gasteiger partial charge on any atom is 0.412 e. The highest BCUT2D eigenvalue weighted by Crippen LogP contribution is 2.26. The lowest BCUT2D eigenvalue weighted by molar-refractivity contribution is 0.0636. The van der Waals surface area contributed by atoms with Crippen LogP contribution < -0.4 is 10.6 Å². The topological polar surface area (TPSA) is 50.4 Å². The molecule has 1 amide bonds. The van der Waals surface area contributed by atoms with Gasteiger partial charge in [0.1, 0.15) is 5.60 Å². The van der Waals surface area contributed by atoms with Crippen LogP contribution in [0.5, 0.6) is 0 Å². The second-order valence-electron chi connectivity index (χ2n) is 6.50. The Balaban J connectivity index is 2.02. The molecule has 21 heavy (non-hydrogen) atoms. The Labute approximate surface area is 131 Å². The molecule has 1 atom stereocenters. The zero-order valence-electron chi connectivity index (χ0n) is 12.8. The van der Waals surface area contributed by atoms with Crippen molar-refractivity contribution in [3.05, 3.63) is 28.8 Å². The number of halogens is 1. The number of hydrogen-bond acceptors (Lipinski definition) is 3. The van der Waals surface area contributed by atoms with Gasteiger partial charge in [0.05, 0.1) is 10.7 Å². The van der Waals surface area contributed by atoms with Gasteiger partial charge in [0.15, 0.2) is 0 Å². The van der Waals surface area contributed by atoms with E-state index in [4.69, 9.17) is 16.3 Å². The number of amides is 1. The predicted octanol–water partition coefficient (Wildman–Crippen LogP) is 3.84. The number of hydrogen-bond donors (Lipinski definition) is 2. The van der Waals surface area contributed by atoms with E-state index in [1.807, 2.05) is 39.0 Å². The number of anilines is 1. The Bertz CT molecular complexity index is 505. The summed E-state index contributed by atoms with van der Waals surface area (Å²) in [6.07, 6.45) is 1.70. The van der Waals surface area contributed by atoms with E-state index in [0.717, 1.165) is 19.5 Å². The monoisotopic (exact) mass is 310 g/mol. The van der Waals surface area contributed by atoms with E-state index in [9.17, 15) is 4.79 Å². The van der Waals surface area contributed by atoms with E-state index >= 15 is 0 Å². The van der Waals surface area contributed by atoms with Crippen LogP contribution >= 0.6 is 11.6 Å². The molecule has 1 aliphatic heterocycles. The van der Waals surface area contributed by atoms with E-state index in [1.54, 1.807) is 0 Å². The maximum atomic E-state index is 11.8. The van der Waals surface area contributed by atoms with Crippen LogP contribution in [0.3, 0.4) is 0 Å². The van der Waals surface area contributed by atoms with Crippen molar-refractivity contribution in [3.8, 4) is 0 Å². The fourth-order valence-electron chi connectivity index (χ4n) is 2.43. The van der Waals surface area contributed by atoms with E-state index in [1.165, 1.54) is 12.0 Å². The fourth-order valence-corrected chi connectivity index (χ4v) is 2.60. The lowest BCUT2D eigenvalue weighted by atomic mass is 9.98. The van der Waals surface area contributed by atoms with Gasteiger partial charge in [0.25, 0.3) is 0 Å². The normalized spacial score (nSPS) is 18.6. The first-order valence-electron chi connectivity index (χ1n) is 7.32. The standard InChI is InChI=1S/C16H23ClN2O2/c1-16(2,3)21-15(20)19-14-9-11(4-5-13(14)17)8-12-6-7-18-10-12/h4-5,9,12,18H,6-8,10H2,1-3H3,(H,19,20). The van der Waals surface area contributed by atoms with Gasteiger partial charge >= 0.3 is 6.09 Å². The molecule has 0 aliphatic carbocycles. The number of carbonyl (C=O) groups is 1. The van der Waals surface area contributed by atoms with Crippen LogP contribution in [0.15, 0.2) is 18.2 Å². The molecular formula is C16H23ClN2O2. The van der Waals surface area contributed by atoms with Crippen molar-refractivity contribution in [3.63, 3.8) is 0 Å². The van der Waals surface area contributed by atoms with Crippen LogP contribution in [0.4, 0.5) is 10.5 Å². The van der Waals surface area contributed by atoms with Crippen molar-refractivity contribution in [2.75, 3.05) is 18.4 Å². The van der Waals surface area contributed by atoms with Crippen molar-refractivity contribution in [1.82, 2.24) is 5.32 Å². The van der Waals surface area contributed by atoms with E-state index < -0.39 is 11.7 Å². The third kappa shape index (κ3) is 5.21. The summed E-state index contributed by atoms with van der Waals surface area (Å²) >= 11 is 6.15. The second kappa shape index (κ2) is 6.67. The third-order valence-corrected chi connectivity index (χ3v) is 3.68. The summed E-state index contributed by atoms with van der Waals surface area (Å²) in [6.45, 7) is 7.63. The minimum absolute atomic E-state index is 0.482. The van der Waals surface area contributed by atoms with E-state index in [-0.39, 0.29) is 0 Å². The number of benzene rings is 1. The van der Waals surface area contributed by atoms with E-state index in [2.05, 4.69) is 10.6 Å². The summed E-state index contributed by atoms with van der Waals surface area (Å²) < 4.78 is 5.25. The lowest BCUT2D eigenvalue weighted by Gasteiger charge is -2.20. The highest BCUT2D eigenvalue weighted by Gasteiger charge is 2.18. The van der Waals surface area contributed by atoms with Crippen molar-refractivity contribution < 1.29 is 9.53 Å². The zero-order valence-corrected chi connectivity index (χ0v) is 13.6. The molecule has 1 saturated heterocycles. The number of rotatable bonds is 3. The molecule has 2 N–H and O–H groups in total. The van der Waals surface area contributed by atoms with Gasteiger partial charge in [0, 0.05) is 0 Å². The molecule has 116 valence electrons. The quantitative estimate of drug-likeness (QED) is 0.892. The molecule has 1 heterocycles. The Kier molecular flexibility index (Phi) is 5.12. The SMILES string of the molecule is CC(C)(C)OC(=O)Nc1cc(CC2CCNC2)ccc1Cl. The number of nitrogens with one attached hydrogen (secondary N) is 2. The summed E-state index contributed by atoms with van der Waals surface area (Å²) in [5.41, 5.74) is 1.26. The summed E-state index contributed by atoms with van der Waals surface area (Å²) in [5.74, 6) is 0.653. The fraction of sp³-hybridized carbons (Fsp3) is 0.562. The second-order valence-corrected chi connectivity index (χ2v) is 6.91. The van der Waals surface area contributed by atoms with Gasteiger partial charge in [-0.2, -0.15) is 0 Å². The molecule has 0 aromatic heterocycles. The van der Waals surface area contributed by atoms with Gasteiger partial charge in [-0.25, -0.2) is 4.79 Å². The first kappa shape index (κ1) is 16.1. The number of ether oxygens (including phenoxy) is 1. The van der Waals surface area contributed by atoms with Crippen LogP contribution in [0.2, 0.25) is 5.02 Å². The largest absolute Gasteiger partial charge is 0.444 e. The summed E-state index contributed by atoms with van der Waals surface area (Å²) in [5, 5.41) is 6.61. The molecule has 0 saturated carbocycles. The predicted molar refractivity (Wildman–Crippen MR) is 86.0 cm³/mol. The van der Waals surface area contributed by atoms with Crippen molar-refractivity contribution in [2.24, 2.45) is 5.92 Å². The molecule has 1 fully saturated rings. The summed E-state index contributed by atoms with van der Waals surface area (Å²) in [6, 6.07) is 5.78. The molecule has 0 radical (unpaired) electrons. The zero-order chi connectivity index (χ0) is 15.5. The van der Waals surface area contributed by atoms with Crippen LogP contribution in [0.1, 0.15) is 32.8 Å². The minimum Gasteiger partial charge on any atom is -0.444 e. The average molecular weight is 311 g/mol. The van der Waals surface area contributed by atoms with Gasteiger partial charge in [-0.1, -0.05) is 17.7 Å². The van der Waals surface area contributed by atoms with Gasteiger partial charge in [-0.3, -0.25) is 5.32 Å². The average Bonchev–Trinajstić information content (AvgIpc) is 2.84. The van der Waals surface area contributed by atoms with Gasteiger partial charge < -0.3 is 10.1 Å². The van der Waals surface area contributed by atoms with Crippen molar-refractivity contribution in [2.45, 2.75) is 39.2 Å². The molecular weight excluding hydrogens is 288 g/mol. The van der Waals surface area contributed by atoms with Gasteiger partial charge in [-0.15, -0.1) is 0 Å². The Morgan fingerprint density at radius 1 is 1.48 bits per heavy atom. The van der Waals surface area contributed by atoms with Crippen molar-refractivity contribution >= 4 is 23.4 Å². The maximum absolute atomic E-state index is 11.8. The molecule has 2 rings (SSSR count). The van der Waals surface area contributed by atoms with Crippen molar-refractivity contribution in [1.29, 1.82) is 0 Å². The highest BCUT2D eigenvalue weighted by atomic mass is 35.5. The summed E-state index contributed by atoms with van der Waals surface area (Å²) in [4.78, 5) is 11.8. The van der Waals surface area contributed by atoms with Crippen LogP contribution in [0, 0.1) is 5.92 Å². The van der Waals surface area contributed by atoms with Crippen LogP contribution in [0.25, 0.3) is 0 Å². The molecule has 0 bridgehead atoms. The lowest BCUT2D eigenvalue weighted by Crippen LogP contribution is -2.27. The first-order chi connectivity index (χ1) is 9.83. The molecule has 5 heteroatoms. The smallest absolute Gasteiger partial charge is 0.412 e.